The average Bonchev–Trinajstić information content (AvgIpc) is 2.48. The minimum absolute atomic E-state index is 0. The molecular formula is C15H23ClN2O3. The van der Waals surface area contributed by atoms with E-state index in [-0.39, 0.29) is 18.3 Å². The van der Waals surface area contributed by atoms with Crippen molar-refractivity contribution in [1.82, 2.24) is 10.6 Å². The highest BCUT2D eigenvalue weighted by Crippen LogP contribution is 2.27. The fourth-order valence-corrected chi connectivity index (χ4v) is 2.42. The molecule has 0 atom stereocenters. The van der Waals surface area contributed by atoms with E-state index in [0.29, 0.717) is 24.0 Å². The smallest absolute Gasteiger partial charge is 0.224 e. The van der Waals surface area contributed by atoms with Gasteiger partial charge in [-0.15, -0.1) is 12.4 Å². The van der Waals surface area contributed by atoms with Gasteiger partial charge in [0.15, 0.2) is 11.5 Å². The van der Waals surface area contributed by atoms with Crippen LogP contribution in [0, 0.1) is 0 Å². The van der Waals surface area contributed by atoms with Gasteiger partial charge in [0.1, 0.15) is 0 Å². The number of amides is 1. The summed E-state index contributed by atoms with van der Waals surface area (Å²) in [6.45, 7) is 1.95. The Balaban J connectivity index is 0.00000220. The molecule has 0 aliphatic carbocycles. The Kier molecular flexibility index (Phi) is 7.32. The van der Waals surface area contributed by atoms with Crippen LogP contribution in [-0.4, -0.2) is 39.3 Å². The number of carbonyl (C=O) groups excluding carboxylic acids is 1. The van der Waals surface area contributed by atoms with E-state index < -0.39 is 0 Å². The molecule has 0 bridgehead atoms. The fraction of sp³-hybridized carbons (Fsp3) is 0.533. The number of hydrogen-bond donors (Lipinski definition) is 2. The van der Waals surface area contributed by atoms with E-state index in [1.54, 1.807) is 14.2 Å². The molecule has 1 saturated heterocycles. The summed E-state index contributed by atoms with van der Waals surface area (Å²) in [6, 6.07) is 5.86. The van der Waals surface area contributed by atoms with E-state index in [1.807, 2.05) is 18.2 Å². The van der Waals surface area contributed by atoms with Crippen LogP contribution >= 0.6 is 12.4 Å². The molecule has 1 fully saturated rings. The van der Waals surface area contributed by atoms with Gasteiger partial charge in [-0.25, -0.2) is 0 Å². The molecule has 1 aliphatic rings. The molecule has 2 rings (SSSR count). The third-order valence-electron chi connectivity index (χ3n) is 3.52. The summed E-state index contributed by atoms with van der Waals surface area (Å²) < 4.78 is 10.4. The van der Waals surface area contributed by atoms with Crippen LogP contribution in [0.3, 0.4) is 0 Å². The van der Waals surface area contributed by atoms with Gasteiger partial charge < -0.3 is 20.1 Å². The van der Waals surface area contributed by atoms with Crippen LogP contribution in [0.2, 0.25) is 0 Å². The first kappa shape index (κ1) is 17.6. The molecule has 2 N–H and O–H groups in total. The number of halogens is 1. The minimum atomic E-state index is 0. The van der Waals surface area contributed by atoms with Crippen molar-refractivity contribution in [1.29, 1.82) is 0 Å². The molecule has 118 valence electrons. The topological polar surface area (TPSA) is 59.6 Å². The normalized spacial score (nSPS) is 15.0. The SMILES string of the molecule is COc1ccc(CC(=O)NC2CCNCC2)cc1OC.Cl. The average molecular weight is 315 g/mol. The van der Waals surface area contributed by atoms with Crippen molar-refractivity contribution in [2.45, 2.75) is 25.3 Å². The molecule has 0 spiro atoms. The summed E-state index contributed by atoms with van der Waals surface area (Å²) in [5, 5.41) is 6.37. The van der Waals surface area contributed by atoms with Crippen LogP contribution in [0.5, 0.6) is 11.5 Å². The summed E-state index contributed by atoms with van der Waals surface area (Å²) in [7, 11) is 3.19. The summed E-state index contributed by atoms with van der Waals surface area (Å²) in [6.07, 6.45) is 2.36. The highest BCUT2D eigenvalue weighted by molar-refractivity contribution is 5.85. The lowest BCUT2D eigenvalue weighted by molar-refractivity contribution is -0.121. The fourth-order valence-electron chi connectivity index (χ4n) is 2.42. The Morgan fingerprint density at radius 3 is 2.52 bits per heavy atom. The van der Waals surface area contributed by atoms with Crippen LogP contribution in [0.25, 0.3) is 0 Å². The number of ether oxygens (including phenoxy) is 2. The largest absolute Gasteiger partial charge is 0.493 e. The van der Waals surface area contributed by atoms with Crippen molar-refractivity contribution in [3.8, 4) is 11.5 Å². The Hall–Kier alpha value is -1.46. The van der Waals surface area contributed by atoms with Crippen molar-refractivity contribution in [3.05, 3.63) is 23.8 Å². The van der Waals surface area contributed by atoms with Gasteiger partial charge >= 0.3 is 0 Å². The van der Waals surface area contributed by atoms with Gasteiger partial charge in [-0.2, -0.15) is 0 Å². The quantitative estimate of drug-likeness (QED) is 0.865. The van der Waals surface area contributed by atoms with E-state index in [4.69, 9.17) is 9.47 Å². The zero-order valence-electron chi connectivity index (χ0n) is 12.5. The molecule has 0 radical (unpaired) electrons. The molecule has 6 heteroatoms. The number of nitrogens with one attached hydrogen (secondary N) is 2. The Labute approximate surface area is 131 Å². The van der Waals surface area contributed by atoms with Gasteiger partial charge in [0.05, 0.1) is 20.6 Å². The van der Waals surface area contributed by atoms with Crippen molar-refractivity contribution < 1.29 is 14.3 Å². The Morgan fingerprint density at radius 1 is 1.24 bits per heavy atom. The second-order valence-electron chi connectivity index (χ2n) is 4.96. The predicted octanol–water partition coefficient (Wildman–Crippen LogP) is 1.54. The summed E-state index contributed by atoms with van der Waals surface area (Å²) in [5.41, 5.74) is 0.925. The number of piperidine rings is 1. The molecular weight excluding hydrogens is 292 g/mol. The number of benzene rings is 1. The van der Waals surface area contributed by atoms with Crippen LogP contribution in [0.15, 0.2) is 18.2 Å². The molecule has 1 heterocycles. The van der Waals surface area contributed by atoms with Gasteiger partial charge in [0.2, 0.25) is 5.91 Å². The predicted molar refractivity (Wildman–Crippen MR) is 84.5 cm³/mol. The first-order chi connectivity index (χ1) is 9.72. The zero-order chi connectivity index (χ0) is 14.4. The Bertz CT molecular complexity index is 462. The monoisotopic (exact) mass is 314 g/mol. The number of hydrogen-bond acceptors (Lipinski definition) is 4. The molecule has 1 aliphatic heterocycles. The minimum Gasteiger partial charge on any atom is -0.493 e. The maximum absolute atomic E-state index is 12.0. The lowest BCUT2D eigenvalue weighted by Crippen LogP contribution is -2.43. The summed E-state index contributed by atoms with van der Waals surface area (Å²) >= 11 is 0. The van der Waals surface area contributed by atoms with Gasteiger partial charge in [0, 0.05) is 6.04 Å². The molecule has 0 unspecified atom stereocenters. The Morgan fingerprint density at radius 2 is 1.90 bits per heavy atom. The maximum atomic E-state index is 12.0. The molecule has 0 saturated carbocycles. The molecule has 0 aromatic heterocycles. The standard InChI is InChI=1S/C15H22N2O3.ClH/c1-19-13-4-3-11(9-14(13)20-2)10-15(18)17-12-5-7-16-8-6-12;/h3-4,9,12,16H,5-8,10H2,1-2H3,(H,17,18);1H. The van der Waals surface area contributed by atoms with Gasteiger partial charge in [0.25, 0.3) is 0 Å². The first-order valence-electron chi connectivity index (χ1n) is 6.94. The third kappa shape index (κ3) is 5.10. The van der Waals surface area contributed by atoms with E-state index in [2.05, 4.69) is 10.6 Å². The van der Waals surface area contributed by atoms with Crippen molar-refractivity contribution in [2.24, 2.45) is 0 Å². The van der Waals surface area contributed by atoms with Crippen LogP contribution in [0.1, 0.15) is 18.4 Å². The highest BCUT2D eigenvalue weighted by atomic mass is 35.5. The van der Waals surface area contributed by atoms with Crippen molar-refractivity contribution in [2.75, 3.05) is 27.3 Å². The zero-order valence-corrected chi connectivity index (χ0v) is 13.3. The number of carbonyl (C=O) groups is 1. The van der Waals surface area contributed by atoms with E-state index >= 15 is 0 Å². The summed E-state index contributed by atoms with van der Waals surface area (Å²) in [4.78, 5) is 12.0. The second kappa shape index (κ2) is 8.74. The molecule has 1 aromatic carbocycles. The first-order valence-corrected chi connectivity index (χ1v) is 6.94. The van der Waals surface area contributed by atoms with Crippen molar-refractivity contribution >= 4 is 18.3 Å². The molecule has 21 heavy (non-hydrogen) atoms. The van der Waals surface area contributed by atoms with E-state index in [9.17, 15) is 4.79 Å². The highest BCUT2D eigenvalue weighted by Gasteiger charge is 2.16. The lowest BCUT2D eigenvalue weighted by atomic mass is 10.1. The van der Waals surface area contributed by atoms with E-state index in [1.165, 1.54) is 0 Å². The van der Waals surface area contributed by atoms with Gasteiger partial charge in [-0.1, -0.05) is 6.07 Å². The molecule has 1 amide bonds. The lowest BCUT2D eigenvalue weighted by Gasteiger charge is -2.23. The van der Waals surface area contributed by atoms with Crippen LogP contribution in [-0.2, 0) is 11.2 Å². The van der Waals surface area contributed by atoms with Gasteiger partial charge in [-0.3, -0.25) is 4.79 Å². The number of rotatable bonds is 5. The van der Waals surface area contributed by atoms with Crippen LogP contribution in [0.4, 0.5) is 0 Å². The third-order valence-corrected chi connectivity index (χ3v) is 3.52. The maximum Gasteiger partial charge on any atom is 0.224 e. The number of methoxy groups -OCH3 is 2. The summed E-state index contributed by atoms with van der Waals surface area (Å²) in [5.74, 6) is 1.39. The molecule has 1 aromatic rings. The van der Waals surface area contributed by atoms with Crippen molar-refractivity contribution in [3.63, 3.8) is 0 Å². The van der Waals surface area contributed by atoms with Crippen LogP contribution < -0.4 is 20.1 Å². The van der Waals surface area contributed by atoms with Gasteiger partial charge in [-0.05, 0) is 43.6 Å². The second-order valence-corrected chi connectivity index (χ2v) is 4.96. The molecule has 5 nitrogen and oxygen atoms in total. The van der Waals surface area contributed by atoms with E-state index in [0.717, 1.165) is 31.5 Å².